The Morgan fingerprint density at radius 3 is 2.62 bits per heavy atom. The van der Waals surface area contributed by atoms with Crippen LogP contribution in [0, 0.1) is 0 Å². The van der Waals surface area contributed by atoms with Crippen molar-refractivity contribution in [2.45, 2.75) is 0 Å². The highest BCUT2D eigenvalue weighted by atomic mass is 32.1. The van der Waals surface area contributed by atoms with E-state index in [1.165, 1.54) is 17.6 Å². The number of aromatic hydroxyl groups is 1. The smallest absolute Gasteiger partial charge is 0.205 e. The van der Waals surface area contributed by atoms with Crippen LogP contribution >= 0.6 is 11.3 Å². The quantitative estimate of drug-likeness (QED) is 0.366. The van der Waals surface area contributed by atoms with Crippen LogP contribution in [0.15, 0.2) is 69.2 Å². The van der Waals surface area contributed by atoms with E-state index in [9.17, 15) is 5.11 Å². The predicted octanol–water partition coefficient (Wildman–Crippen LogP) is 4.29. The van der Waals surface area contributed by atoms with Crippen molar-refractivity contribution < 1.29 is 5.11 Å². The van der Waals surface area contributed by atoms with Gasteiger partial charge in [-0.3, -0.25) is 5.43 Å². The Hall–Kier alpha value is -3.26. The Labute approximate surface area is 142 Å². The molecule has 0 spiro atoms. The van der Waals surface area contributed by atoms with Gasteiger partial charge >= 0.3 is 0 Å². The number of hydrogen-bond acceptors (Lipinski definition) is 8. The van der Waals surface area contributed by atoms with Crippen LogP contribution < -0.4 is 11.2 Å². The molecule has 7 nitrogen and oxygen atoms in total. The molecule has 0 unspecified atom stereocenters. The fourth-order valence-electron chi connectivity index (χ4n) is 1.81. The maximum Gasteiger partial charge on any atom is 0.205 e. The molecule has 8 heteroatoms. The van der Waals surface area contributed by atoms with Crippen molar-refractivity contribution in [3.63, 3.8) is 0 Å². The Morgan fingerprint density at radius 2 is 1.88 bits per heavy atom. The Morgan fingerprint density at radius 1 is 1.08 bits per heavy atom. The average molecular weight is 338 g/mol. The summed E-state index contributed by atoms with van der Waals surface area (Å²) in [4.78, 5) is 4.02. The number of phenolic OH excluding ortho intramolecular Hbond substituents is 1. The molecule has 0 amide bonds. The summed E-state index contributed by atoms with van der Waals surface area (Å²) >= 11 is 1.34. The summed E-state index contributed by atoms with van der Waals surface area (Å²) in [5.74, 6) is 0.529. The van der Waals surface area contributed by atoms with E-state index in [4.69, 9.17) is 5.73 Å². The Bertz CT molecular complexity index is 875. The number of rotatable bonds is 5. The number of anilines is 2. The van der Waals surface area contributed by atoms with Gasteiger partial charge in [0.1, 0.15) is 11.6 Å². The van der Waals surface area contributed by atoms with Crippen molar-refractivity contribution in [2.75, 3.05) is 11.2 Å². The minimum Gasteiger partial charge on any atom is -0.507 e. The first-order chi connectivity index (χ1) is 11.7. The second-order valence-electron chi connectivity index (χ2n) is 4.73. The third-order valence-corrected chi connectivity index (χ3v) is 3.70. The zero-order valence-electron chi connectivity index (χ0n) is 12.5. The molecule has 120 valence electrons. The van der Waals surface area contributed by atoms with Gasteiger partial charge in [0.25, 0.3) is 0 Å². The van der Waals surface area contributed by atoms with Gasteiger partial charge in [-0.1, -0.05) is 18.2 Å². The van der Waals surface area contributed by atoms with Gasteiger partial charge in [-0.05, 0) is 30.3 Å². The second kappa shape index (κ2) is 7.34. The number of benzene rings is 2. The summed E-state index contributed by atoms with van der Waals surface area (Å²) in [7, 11) is 0. The van der Waals surface area contributed by atoms with Crippen molar-refractivity contribution in [3.05, 3.63) is 59.5 Å². The number of azo groups is 1. The molecule has 1 aromatic heterocycles. The van der Waals surface area contributed by atoms with Gasteiger partial charge < -0.3 is 10.8 Å². The number of phenols is 1. The molecule has 0 aliphatic carbocycles. The zero-order valence-corrected chi connectivity index (χ0v) is 13.3. The van der Waals surface area contributed by atoms with E-state index >= 15 is 0 Å². The minimum atomic E-state index is 0.0952. The van der Waals surface area contributed by atoms with Gasteiger partial charge in [0.15, 0.2) is 0 Å². The van der Waals surface area contributed by atoms with Crippen LogP contribution in [0.5, 0.6) is 5.75 Å². The standard InChI is InChI=1S/C16H14N6OS/c17-15-10-24-16(19-15)22-18-9-11-8-13(6-7-14(11)23)21-20-12-4-2-1-3-5-12/h1-10,23H,17H2,(H,19,22). The monoisotopic (exact) mass is 338 g/mol. The van der Waals surface area contributed by atoms with Gasteiger partial charge in [0.2, 0.25) is 5.13 Å². The molecular weight excluding hydrogens is 324 g/mol. The van der Waals surface area contributed by atoms with Crippen LogP contribution in [-0.4, -0.2) is 16.3 Å². The van der Waals surface area contributed by atoms with Gasteiger partial charge in [0, 0.05) is 10.9 Å². The van der Waals surface area contributed by atoms with E-state index in [0.29, 0.717) is 22.2 Å². The van der Waals surface area contributed by atoms with Crippen molar-refractivity contribution in [1.29, 1.82) is 0 Å². The molecule has 0 bridgehead atoms. The summed E-state index contributed by atoms with van der Waals surface area (Å²) in [5, 5.41) is 24.5. The van der Waals surface area contributed by atoms with Crippen LogP contribution in [0.3, 0.4) is 0 Å². The van der Waals surface area contributed by atoms with Crippen LogP contribution in [0.4, 0.5) is 22.3 Å². The maximum atomic E-state index is 9.90. The van der Waals surface area contributed by atoms with Gasteiger partial charge in [0.05, 0.1) is 17.6 Å². The highest BCUT2D eigenvalue weighted by Gasteiger charge is 2.01. The molecule has 0 aliphatic heterocycles. The summed E-state index contributed by atoms with van der Waals surface area (Å²) in [5.41, 5.74) is 10.2. The number of hydrogen-bond donors (Lipinski definition) is 3. The van der Waals surface area contributed by atoms with Gasteiger partial charge in [-0.25, -0.2) is 4.98 Å². The highest BCUT2D eigenvalue weighted by molar-refractivity contribution is 7.14. The van der Waals surface area contributed by atoms with Crippen LogP contribution in [-0.2, 0) is 0 Å². The lowest BCUT2D eigenvalue weighted by molar-refractivity contribution is 0.474. The fraction of sp³-hybridized carbons (Fsp3) is 0. The molecule has 0 saturated heterocycles. The second-order valence-corrected chi connectivity index (χ2v) is 5.58. The molecule has 1 heterocycles. The summed E-state index contributed by atoms with van der Waals surface area (Å²) in [6.07, 6.45) is 1.48. The molecule has 3 rings (SSSR count). The number of nitrogens with zero attached hydrogens (tertiary/aromatic N) is 4. The van der Waals surface area contributed by atoms with E-state index < -0.39 is 0 Å². The van der Waals surface area contributed by atoms with E-state index in [1.54, 1.807) is 23.6 Å². The molecule has 2 aromatic carbocycles. The van der Waals surface area contributed by atoms with Gasteiger partial charge in [-0.2, -0.15) is 15.3 Å². The lowest BCUT2D eigenvalue weighted by atomic mass is 10.2. The van der Waals surface area contributed by atoms with Crippen molar-refractivity contribution >= 4 is 39.9 Å². The minimum absolute atomic E-state index is 0.0952. The first-order valence-electron chi connectivity index (χ1n) is 7.00. The third-order valence-electron chi connectivity index (χ3n) is 2.93. The number of thiazole rings is 1. The summed E-state index contributed by atoms with van der Waals surface area (Å²) in [6.45, 7) is 0. The normalized spacial score (nSPS) is 11.3. The molecule has 0 fully saturated rings. The zero-order chi connectivity index (χ0) is 16.8. The molecule has 3 aromatic rings. The van der Waals surface area contributed by atoms with Crippen molar-refractivity contribution in [1.82, 2.24) is 4.98 Å². The number of hydrazone groups is 1. The third kappa shape index (κ3) is 4.14. The first kappa shape index (κ1) is 15.6. The first-order valence-corrected chi connectivity index (χ1v) is 7.88. The lowest BCUT2D eigenvalue weighted by Gasteiger charge is -2.00. The van der Waals surface area contributed by atoms with Crippen LogP contribution in [0.1, 0.15) is 5.56 Å². The highest BCUT2D eigenvalue weighted by Crippen LogP contribution is 2.24. The fourth-order valence-corrected chi connectivity index (χ4v) is 2.36. The van der Waals surface area contributed by atoms with E-state index in [1.807, 2.05) is 30.3 Å². The van der Waals surface area contributed by atoms with Crippen LogP contribution in [0.25, 0.3) is 0 Å². The van der Waals surface area contributed by atoms with Crippen molar-refractivity contribution in [3.8, 4) is 5.75 Å². The Balaban J connectivity index is 1.72. The number of nitrogen functional groups attached to an aromatic ring is 1. The largest absolute Gasteiger partial charge is 0.507 e. The van der Waals surface area contributed by atoms with Crippen LogP contribution in [0.2, 0.25) is 0 Å². The molecule has 0 atom stereocenters. The molecule has 4 N–H and O–H groups in total. The molecule has 24 heavy (non-hydrogen) atoms. The molecular formula is C16H14N6OS. The Kier molecular flexibility index (Phi) is 4.78. The van der Waals surface area contributed by atoms with E-state index in [0.717, 1.165) is 5.69 Å². The molecule has 0 radical (unpaired) electrons. The summed E-state index contributed by atoms with van der Waals surface area (Å²) < 4.78 is 0. The summed E-state index contributed by atoms with van der Waals surface area (Å²) in [6, 6.07) is 14.3. The van der Waals surface area contributed by atoms with Crippen molar-refractivity contribution in [2.24, 2.45) is 15.3 Å². The predicted molar refractivity (Wildman–Crippen MR) is 96.5 cm³/mol. The number of aromatic nitrogens is 1. The molecule has 0 saturated carbocycles. The van der Waals surface area contributed by atoms with Gasteiger partial charge in [-0.15, -0.1) is 11.3 Å². The number of nitrogens with two attached hydrogens (primary N) is 1. The number of nitrogens with one attached hydrogen (secondary N) is 1. The maximum absolute atomic E-state index is 9.90. The lowest BCUT2D eigenvalue weighted by Crippen LogP contribution is -1.91. The SMILES string of the molecule is Nc1csc(NN=Cc2cc(N=Nc3ccccc3)ccc2O)n1. The van der Waals surface area contributed by atoms with E-state index in [2.05, 4.69) is 25.7 Å². The average Bonchev–Trinajstić information content (AvgIpc) is 3.01. The molecule has 0 aliphatic rings. The topological polar surface area (TPSA) is 108 Å². The van der Waals surface area contributed by atoms with E-state index in [-0.39, 0.29) is 5.75 Å².